The molecule has 0 aliphatic rings. The van der Waals surface area contributed by atoms with E-state index in [2.05, 4.69) is 5.32 Å². The molecule has 0 aromatic heterocycles. The highest BCUT2D eigenvalue weighted by atomic mass is 32.2. The van der Waals surface area contributed by atoms with Crippen molar-refractivity contribution in [2.75, 3.05) is 27.2 Å². The highest BCUT2D eigenvalue weighted by Gasteiger charge is 2.28. The van der Waals surface area contributed by atoms with E-state index in [4.69, 9.17) is 0 Å². The molecule has 0 saturated carbocycles. The maximum atomic E-state index is 12.2. The summed E-state index contributed by atoms with van der Waals surface area (Å²) in [7, 11) is -1.40. The smallest absolute Gasteiger partial charge is 0.358 e. The number of hydrogen-bond donors (Lipinski definition) is 2. The van der Waals surface area contributed by atoms with E-state index in [1.165, 1.54) is 14.1 Å². The molecule has 1 aromatic carbocycles. The summed E-state index contributed by atoms with van der Waals surface area (Å²) in [6, 6.07) is 4.34. The van der Waals surface area contributed by atoms with E-state index in [1.54, 1.807) is 5.32 Å². The zero-order valence-corrected chi connectivity index (χ0v) is 13.7. The van der Waals surface area contributed by atoms with E-state index < -0.39 is 41.1 Å². The minimum atomic E-state index is -4.54. The molecule has 0 aliphatic heterocycles. The molecular formula is C13H16F3N3O4S. The molecule has 0 aliphatic carbocycles. The van der Waals surface area contributed by atoms with Gasteiger partial charge in [0.2, 0.25) is 15.9 Å². The number of alkyl halides is 3. The van der Waals surface area contributed by atoms with Gasteiger partial charge in [0.15, 0.2) is 0 Å². The summed E-state index contributed by atoms with van der Waals surface area (Å²) in [5.74, 6) is -1.49. The summed E-state index contributed by atoms with van der Waals surface area (Å²) in [5, 5.41) is 3.96. The van der Waals surface area contributed by atoms with Crippen LogP contribution in [0.15, 0.2) is 29.2 Å². The average molecular weight is 367 g/mol. The van der Waals surface area contributed by atoms with E-state index in [0.29, 0.717) is 0 Å². The summed E-state index contributed by atoms with van der Waals surface area (Å²) >= 11 is 0. The third-order valence-electron chi connectivity index (χ3n) is 2.92. The second kappa shape index (κ2) is 7.62. The normalized spacial score (nSPS) is 12.1. The van der Waals surface area contributed by atoms with Gasteiger partial charge in [-0.1, -0.05) is 0 Å². The van der Waals surface area contributed by atoms with Gasteiger partial charge >= 0.3 is 6.18 Å². The molecule has 2 amide bonds. The minimum absolute atomic E-state index is 0.118. The van der Waals surface area contributed by atoms with Crippen molar-refractivity contribution in [2.45, 2.75) is 11.1 Å². The van der Waals surface area contributed by atoms with Crippen LogP contribution < -0.4 is 10.6 Å². The summed E-state index contributed by atoms with van der Waals surface area (Å²) in [5.41, 5.74) is -0.118. The van der Waals surface area contributed by atoms with Gasteiger partial charge < -0.3 is 10.6 Å². The summed E-state index contributed by atoms with van der Waals surface area (Å²) in [4.78, 5) is 22.6. The number of carbonyl (C=O) groups excluding carboxylic acids is 2. The Labute approximate surface area is 136 Å². The number of amides is 2. The third kappa shape index (κ3) is 5.49. The van der Waals surface area contributed by atoms with Gasteiger partial charge in [-0.3, -0.25) is 9.59 Å². The fourth-order valence-corrected chi connectivity index (χ4v) is 2.73. The molecule has 24 heavy (non-hydrogen) atoms. The summed E-state index contributed by atoms with van der Waals surface area (Å²) < 4.78 is 61.4. The lowest BCUT2D eigenvalue weighted by atomic mass is 10.2. The molecule has 7 nitrogen and oxygen atoms in total. The molecule has 11 heteroatoms. The van der Waals surface area contributed by atoms with Crippen LogP contribution in [0.4, 0.5) is 13.2 Å². The number of rotatable bonds is 6. The molecule has 2 N–H and O–H groups in total. The Bertz CT molecular complexity index is 702. The summed E-state index contributed by atoms with van der Waals surface area (Å²) in [6.07, 6.45) is -4.54. The summed E-state index contributed by atoms with van der Waals surface area (Å²) in [6.45, 7) is -1.88. The van der Waals surface area contributed by atoms with Gasteiger partial charge in [0.05, 0.1) is 11.4 Å². The SMILES string of the molecule is CNC(=O)CN(C)S(=O)(=O)c1ccc(C(=O)NCC(F)(F)F)cc1. The molecule has 0 heterocycles. The number of nitrogens with one attached hydrogen (secondary N) is 2. The van der Waals surface area contributed by atoms with Crippen LogP contribution in [0.2, 0.25) is 0 Å². The van der Waals surface area contributed by atoms with Gasteiger partial charge in [0, 0.05) is 19.7 Å². The minimum Gasteiger partial charge on any atom is -0.358 e. The number of hydrogen-bond acceptors (Lipinski definition) is 4. The Kier molecular flexibility index (Phi) is 6.32. The molecule has 0 unspecified atom stereocenters. The Morgan fingerprint density at radius 3 is 2.17 bits per heavy atom. The van der Waals surface area contributed by atoms with E-state index in [9.17, 15) is 31.2 Å². The topological polar surface area (TPSA) is 95.6 Å². The Balaban J connectivity index is 2.86. The molecule has 0 saturated heterocycles. The number of likely N-dealkylation sites (N-methyl/N-ethyl adjacent to an activating group) is 2. The molecule has 1 rings (SSSR count). The number of nitrogens with zero attached hydrogens (tertiary/aromatic N) is 1. The maximum Gasteiger partial charge on any atom is 0.405 e. The highest BCUT2D eigenvalue weighted by Crippen LogP contribution is 2.16. The number of benzene rings is 1. The van der Waals surface area contributed by atoms with Gasteiger partial charge in [-0.15, -0.1) is 0 Å². The first-order valence-electron chi connectivity index (χ1n) is 6.59. The predicted octanol–water partition coefficient (Wildman–Crippen LogP) is 0.345. The Morgan fingerprint density at radius 2 is 1.71 bits per heavy atom. The number of sulfonamides is 1. The first kappa shape index (κ1) is 19.9. The predicted molar refractivity (Wildman–Crippen MR) is 78.7 cm³/mol. The second-order valence-corrected chi connectivity index (χ2v) is 6.80. The van der Waals surface area contributed by atoms with Crippen molar-refractivity contribution >= 4 is 21.8 Å². The third-order valence-corrected chi connectivity index (χ3v) is 4.74. The van der Waals surface area contributed by atoms with Crippen LogP contribution in [0.25, 0.3) is 0 Å². The van der Waals surface area contributed by atoms with Gasteiger partial charge in [0.1, 0.15) is 6.54 Å². The van der Waals surface area contributed by atoms with Crippen molar-refractivity contribution in [3.05, 3.63) is 29.8 Å². The van der Waals surface area contributed by atoms with Gasteiger partial charge in [0.25, 0.3) is 5.91 Å². The van der Waals surface area contributed by atoms with Crippen molar-refractivity contribution < 1.29 is 31.2 Å². The largest absolute Gasteiger partial charge is 0.405 e. The lowest BCUT2D eigenvalue weighted by Gasteiger charge is -2.16. The van der Waals surface area contributed by atoms with Crippen molar-refractivity contribution in [2.24, 2.45) is 0 Å². The van der Waals surface area contributed by atoms with E-state index in [1.807, 2.05) is 0 Å². The van der Waals surface area contributed by atoms with Crippen molar-refractivity contribution in [1.82, 2.24) is 14.9 Å². The molecule has 1 aromatic rings. The quantitative estimate of drug-likeness (QED) is 0.758. The van der Waals surface area contributed by atoms with Crippen LogP contribution in [0.1, 0.15) is 10.4 Å². The zero-order chi connectivity index (χ0) is 18.5. The van der Waals surface area contributed by atoms with E-state index >= 15 is 0 Å². The average Bonchev–Trinajstić information content (AvgIpc) is 2.51. The first-order valence-corrected chi connectivity index (χ1v) is 8.03. The molecule has 0 atom stereocenters. The number of halogens is 3. The molecule has 0 radical (unpaired) electrons. The van der Waals surface area contributed by atoms with Crippen LogP contribution in [0, 0.1) is 0 Å². The fourth-order valence-electron chi connectivity index (χ4n) is 1.61. The van der Waals surface area contributed by atoms with Crippen LogP contribution in [0.3, 0.4) is 0 Å². The van der Waals surface area contributed by atoms with Crippen LogP contribution in [0.5, 0.6) is 0 Å². The van der Waals surface area contributed by atoms with Crippen LogP contribution in [-0.2, 0) is 14.8 Å². The molecule has 0 fully saturated rings. The number of carbonyl (C=O) groups is 2. The highest BCUT2D eigenvalue weighted by molar-refractivity contribution is 7.89. The lowest BCUT2D eigenvalue weighted by molar-refractivity contribution is -0.123. The van der Waals surface area contributed by atoms with Crippen LogP contribution in [-0.4, -0.2) is 57.9 Å². The van der Waals surface area contributed by atoms with Gasteiger partial charge in [-0.25, -0.2) is 8.42 Å². The molecule has 134 valence electrons. The van der Waals surface area contributed by atoms with Crippen LogP contribution >= 0.6 is 0 Å². The fraction of sp³-hybridized carbons (Fsp3) is 0.385. The molecular weight excluding hydrogens is 351 g/mol. The molecule has 0 bridgehead atoms. The van der Waals surface area contributed by atoms with Gasteiger partial charge in [-0.05, 0) is 24.3 Å². The monoisotopic (exact) mass is 367 g/mol. The first-order chi connectivity index (χ1) is 11.0. The van der Waals surface area contributed by atoms with Crippen molar-refractivity contribution in [3.63, 3.8) is 0 Å². The standard InChI is InChI=1S/C13H16F3N3O4S/c1-17-11(20)7-19(2)24(22,23)10-5-3-9(4-6-10)12(21)18-8-13(14,15)16/h3-6H,7-8H2,1-2H3,(H,17,20)(H,18,21). The zero-order valence-electron chi connectivity index (χ0n) is 12.8. The van der Waals surface area contributed by atoms with E-state index in [0.717, 1.165) is 28.6 Å². The lowest BCUT2D eigenvalue weighted by Crippen LogP contribution is -2.37. The maximum absolute atomic E-state index is 12.2. The van der Waals surface area contributed by atoms with Crippen molar-refractivity contribution in [1.29, 1.82) is 0 Å². The van der Waals surface area contributed by atoms with Gasteiger partial charge in [-0.2, -0.15) is 17.5 Å². The Morgan fingerprint density at radius 1 is 1.17 bits per heavy atom. The van der Waals surface area contributed by atoms with Crippen molar-refractivity contribution in [3.8, 4) is 0 Å². The Hall–Kier alpha value is -2.14. The second-order valence-electron chi connectivity index (χ2n) is 4.76. The van der Waals surface area contributed by atoms with E-state index in [-0.39, 0.29) is 10.5 Å². The molecule has 0 spiro atoms.